The summed E-state index contributed by atoms with van der Waals surface area (Å²) in [7, 11) is 4.65. The number of carbonyl (C=O) groups excluding carboxylic acids is 1. The summed E-state index contributed by atoms with van der Waals surface area (Å²) in [6.45, 7) is 0. The molecule has 0 aromatic heterocycles. The number of nitrogens with zero attached hydrogens (tertiary/aromatic N) is 2. The predicted molar refractivity (Wildman–Crippen MR) is 121 cm³/mol. The summed E-state index contributed by atoms with van der Waals surface area (Å²) in [5.74, 6) is 1.14. The van der Waals surface area contributed by atoms with Gasteiger partial charge in [-0.1, -0.05) is 12.1 Å². The molecule has 1 heterocycles. The van der Waals surface area contributed by atoms with Gasteiger partial charge in [0, 0.05) is 11.6 Å². The third-order valence-corrected chi connectivity index (χ3v) is 5.04. The molecule has 7 heteroatoms. The fourth-order valence-corrected chi connectivity index (χ4v) is 3.40. The van der Waals surface area contributed by atoms with Gasteiger partial charge in [0.15, 0.2) is 5.84 Å². The molecule has 0 N–H and O–H groups in total. The molecule has 3 aromatic rings. The third-order valence-electron chi connectivity index (χ3n) is 5.04. The van der Waals surface area contributed by atoms with Crippen LogP contribution in [0.2, 0.25) is 0 Å². The van der Waals surface area contributed by atoms with Gasteiger partial charge < -0.3 is 14.2 Å². The van der Waals surface area contributed by atoms with Gasteiger partial charge >= 0.3 is 0 Å². The van der Waals surface area contributed by atoms with E-state index < -0.39 is 5.82 Å². The molecule has 0 saturated carbocycles. The number of methoxy groups -OCH3 is 3. The molecule has 3 aromatic carbocycles. The fraction of sp³-hybridized carbons (Fsp3) is 0.120. The number of amides is 1. The molecule has 0 aliphatic carbocycles. The van der Waals surface area contributed by atoms with Crippen LogP contribution in [0.1, 0.15) is 11.1 Å². The Kier molecular flexibility index (Phi) is 5.89. The maximum absolute atomic E-state index is 14.6. The summed E-state index contributed by atoms with van der Waals surface area (Å²) in [5.41, 5.74) is 1.57. The van der Waals surface area contributed by atoms with Gasteiger partial charge in [-0.05, 0) is 54.6 Å². The number of hydrogen-bond donors (Lipinski definition) is 0. The minimum absolute atomic E-state index is 0.155. The normalized spacial score (nSPS) is 14.5. The second kappa shape index (κ2) is 8.93. The second-order valence-electron chi connectivity index (χ2n) is 6.89. The lowest BCUT2D eigenvalue weighted by Crippen LogP contribution is -2.33. The van der Waals surface area contributed by atoms with Crippen molar-refractivity contribution in [3.05, 3.63) is 89.4 Å². The monoisotopic (exact) mass is 432 g/mol. The molecule has 6 nitrogen and oxygen atoms in total. The summed E-state index contributed by atoms with van der Waals surface area (Å²) < 4.78 is 30.5. The van der Waals surface area contributed by atoms with Crippen LogP contribution in [0.3, 0.4) is 0 Å². The molecule has 0 bridgehead atoms. The van der Waals surface area contributed by atoms with E-state index in [2.05, 4.69) is 4.99 Å². The number of aliphatic imine (C=N–C) groups is 1. The van der Waals surface area contributed by atoms with Gasteiger partial charge in [-0.15, -0.1) is 0 Å². The number of benzene rings is 3. The van der Waals surface area contributed by atoms with E-state index in [-0.39, 0.29) is 23.0 Å². The zero-order chi connectivity index (χ0) is 22.7. The van der Waals surface area contributed by atoms with Crippen molar-refractivity contribution in [2.75, 3.05) is 26.2 Å². The average molecular weight is 432 g/mol. The molecule has 4 rings (SSSR count). The molecule has 1 amide bonds. The van der Waals surface area contributed by atoms with Crippen LogP contribution in [0.25, 0.3) is 6.08 Å². The first-order valence-electron chi connectivity index (χ1n) is 9.81. The van der Waals surface area contributed by atoms with Gasteiger partial charge in [0.05, 0.1) is 32.6 Å². The Hall–Kier alpha value is -4.13. The predicted octanol–water partition coefficient (Wildman–Crippen LogP) is 4.69. The first-order chi connectivity index (χ1) is 15.5. The number of ether oxygens (including phenoxy) is 3. The Bertz CT molecular complexity index is 1220. The van der Waals surface area contributed by atoms with E-state index in [4.69, 9.17) is 14.2 Å². The van der Waals surface area contributed by atoms with E-state index in [0.29, 0.717) is 28.5 Å². The van der Waals surface area contributed by atoms with Crippen molar-refractivity contribution < 1.29 is 23.4 Å². The number of amidine groups is 1. The standard InChI is InChI=1S/C25H21FN2O4/c1-30-18-12-9-17(10-13-18)28-24(20-6-4-5-7-21(20)26)27-22(25(28)29)14-16-8-11-19(31-2)15-23(16)32-3/h4-15H,1-3H3/b22-14+. The van der Waals surface area contributed by atoms with Crippen LogP contribution in [0.4, 0.5) is 10.1 Å². The van der Waals surface area contributed by atoms with Gasteiger partial charge in [-0.25, -0.2) is 9.38 Å². The molecular weight excluding hydrogens is 411 g/mol. The highest BCUT2D eigenvalue weighted by Crippen LogP contribution is 2.32. The number of hydrogen-bond acceptors (Lipinski definition) is 5. The molecule has 0 spiro atoms. The number of carbonyl (C=O) groups is 1. The van der Waals surface area contributed by atoms with Crippen LogP contribution in [0, 0.1) is 5.82 Å². The minimum Gasteiger partial charge on any atom is -0.497 e. The van der Waals surface area contributed by atoms with Crippen LogP contribution in [-0.2, 0) is 4.79 Å². The third kappa shape index (κ3) is 3.92. The summed E-state index contributed by atoms with van der Waals surface area (Å²) >= 11 is 0. The quantitative estimate of drug-likeness (QED) is 0.531. The Morgan fingerprint density at radius 1 is 0.875 bits per heavy atom. The van der Waals surface area contributed by atoms with E-state index in [0.717, 1.165) is 0 Å². The summed E-state index contributed by atoms with van der Waals surface area (Å²) in [4.78, 5) is 19.3. The maximum Gasteiger partial charge on any atom is 0.282 e. The summed E-state index contributed by atoms with van der Waals surface area (Å²) in [6.07, 6.45) is 1.62. The van der Waals surface area contributed by atoms with E-state index in [1.165, 1.54) is 18.1 Å². The molecule has 0 saturated heterocycles. The summed E-state index contributed by atoms with van der Waals surface area (Å²) in [5, 5.41) is 0. The van der Waals surface area contributed by atoms with E-state index >= 15 is 0 Å². The van der Waals surface area contributed by atoms with Crippen LogP contribution in [0.5, 0.6) is 17.2 Å². The van der Waals surface area contributed by atoms with Crippen LogP contribution >= 0.6 is 0 Å². The van der Waals surface area contributed by atoms with E-state index in [1.54, 1.807) is 81.0 Å². The molecule has 32 heavy (non-hydrogen) atoms. The Balaban J connectivity index is 1.83. The van der Waals surface area contributed by atoms with Gasteiger partial charge in [-0.2, -0.15) is 0 Å². The van der Waals surface area contributed by atoms with Crippen molar-refractivity contribution in [2.45, 2.75) is 0 Å². The fourth-order valence-electron chi connectivity index (χ4n) is 3.40. The van der Waals surface area contributed by atoms with Gasteiger partial charge in [0.25, 0.3) is 5.91 Å². The molecule has 0 fully saturated rings. The number of halogens is 1. The molecule has 0 atom stereocenters. The van der Waals surface area contributed by atoms with Crippen molar-refractivity contribution >= 4 is 23.5 Å². The van der Waals surface area contributed by atoms with Crippen molar-refractivity contribution in [1.29, 1.82) is 0 Å². The second-order valence-corrected chi connectivity index (χ2v) is 6.89. The Labute approximate surface area is 185 Å². The van der Waals surface area contributed by atoms with Gasteiger partial charge in [0.1, 0.15) is 28.8 Å². The zero-order valence-corrected chi connectivity index (χ0v) is 17.8. The lowest BCUT2D eigenvalue weighted by Gasteiger charge is -2.19. The van der Waals surface area contributed by atoms with Crippen LogP contribution in [-0.4, -0.2) is 33.1 Å². The van der Waals surface area contributed by atoms with E-state index in [9.17, 15) is 9.18 Å². The highest BCUT2D eigenvalue weighted by molar-refractivity contribution is 6.33. The molecule has 162 valence electrons. The lowest BCUT2D eigenvalue weighted by molar-refractivity contribution is -0.113. The van der Waals surface area contributed by atoms with Crippen molar-refractivity contribution in [1.82, 2.24) is 0 Å². The Morgan fingerprint density at radius 3 is 2.22 bits per heavy atom. The Morgan fingerprint density at radius 2 is 1.56 bits per heavy atom. The maximum atomic E-state index is 14.6. The van der Waals surface area contributed by atoms with Crippen molar-refractivity contribution in [2.24, 2.45) is 4.99 Å². The first-order valence-corrected chi connectivity index (χ1v) is 9.81. The zero-order valence-electron chi connectivity index (χ0n) is 17.8. The SMILES string of the molecule is COc1ccc(N2C(=O)/C(=C\c3ccc(OC)cc3OC)N=C2c2ccccc2F)cc1. The lowest BCUT2D eigenvalue weighted by atomic mass is 10.1. The smallest absolute Gasteiger partial charge is 0.282 e. The highest BCUT2D eigenvalue weighted by atomic mass is 19.1. The minimum atomic E-state index is -0.471. The average Bonchev–Trinajstić information content (AvgIpc) is 3.15. The van der Waals surface area contributed by atoms with E-state index in [1.807, 2.05) is 0 Å². The molecule has 0 unspecified atom stereocenters. The van der Waals surface area contributed by atoms with Gasteiger partial charge in [-0.3, -0.25) is 9.69 Å². The molecule has 1 aliphatic rings. The molecular formula is C25H21FN2O4. The van der Waals surface area contributed by atoms with Crippen molar-refractivity contribution in [3.63, 3.8) is 0 Å². The van der Waals surface area contributed by atoms with Crippen molar-refractivity contribution in [3.8, 4) is 17.2 Å². The largest absolute Gasteiger partial charge is 0.497 e. The summed E-state index contributed by atoms with van der Waals surface area (Å²) in [6, 6.07) is 18.4. The molecule has 0 radical (unpaired) electrons. The molecule has 1 aliphatic heterocycles. The van der Waals surface area contributed by atoms with Gasteiger partial charge in [0.2, 0.25) is 0 Å². The van der Waals surface area contributed by atoms with Crippen LogP contribution < -0.4 is 19.1 Å². The highest BCUT2D eigenvalue weighted by Gasteiger charge is 2.34. The van der Waals surface area contributed by atoms with Crippen LogP contribution in [0.15, 0.2) is 77.4 Å². The number of rotatable bonds is 6. The number of anilines is 1. The topological polar surface area (TPSA) is 60.4 Å². The first kappa shape index (κ1) is 21.1.